The highest BCUT2D eigenvalue weighted by atomic mass is 32.1. The van der Waals surface area contributed by atoms with Gasteiger partial charge in [-0.25, -0.2) is 4.98 Å². The molecule has 1 aromatic rings. The SMILES string of the molecule is Cc1nc2c(s1)CCCC2CNC(=O)C12CC1C2. The molecule has 0 radical (unpaired) electrons. The average Bonchev–Trinajstić information content (AvgIpc) is 3.15. The van der Waals surface area contributed by atoms with Crippen LogP contribution in [0.3, 0.4) is 0 Å². The van der Waals surface area contributed by atoms with Crippen molar-refractivity contribution in [3.05, 3.63) is 15.6 Å². The number of nitrogens with zero attached hydrogens (tertiary/aromatic N) is 1. The second-order valence-electron chi connectivity index (χ2n) is 6.10. The lowest BCUT2D eigenvalue weighted by Crippen LogP contribution is -2.32. The van der Waals surface area contributed by atoms with Crippen LogP contribution in [0.25, 0.3) is 0 Å². The molecule has 0 saturated heterocycles. The maximum atomic E-state index is 12.0. The van der Waals surface area contributed by atoms with Crippen LogP contribution in [0.5, 0.6) is 0 Å². The largest absolute Gasteiger partial charge is 0.355 e. The molecule has 18 heavy (non-hydrogen) atoms. The van der Waals surface area contributed by atoms with Crippen LogP contribution in [0.2, 0.25) is 0 Å². The first-order chi connectivity index (χ1) is 8.69. The van der Waals surface area contributed by atoms with Crippen LogP contribution in [-0.4, -0.2) is 17.4 Å². The van der Waals surface area contributed by atoms with E-state index in [9.17, 15) is 4.79 Å². The lowest BCUT2D eigenvalue weighted by atomic mass is 9.91. The Morgan fingerprint density at radius 2 is 2.33 bits per heavy atom. The van der Waals surface area contributed by atoms with Gasteiger partial charge in [0.05, 0.1) is 16.1 Å². The van der Waals surface area contributed by atoms with Crippen molar-refractivity contribution < 1.29 is 4.79 Å². The van der Waals surface area contributed by atoms with Gasteiger partial charge in [-0.1, -0.05) is 0 Å². The number of carbonyl (C=O) groups is 1. The zero-order valence-electron chi connectivity index (χ0n) is 10.7. The van der Waals surface area contributed by atoms with E-state index < -0.39 is 0 Å². The summed E-state index contributed by atoms with van der Waals surface area (Å²) in [6.45, 7) is 2.88. The molecule has 4 heteroatoms. The predicted molar refractivity (Wildman–Crippen MR) is 70.7 cm³/mol. The highest BCUT2D eigenvalue weighted by molar-refractivity contribution is 7.11. The van der Waals surface area contributed by atoms with Gasteiger partial charge in [-0.3, -0.25) is 4.79 Å². The van der Waals surface area contributed by atoms with Crippen molar-refractivity contribution in [1.29, 1.82) is 0 Å². The number of thiazole rings is 1. The summed E-state index contributed by atoms with van der Waals surface area (Å²) >= 11 is 1.83. The molecule has 1 unspecified atom stereocenters. The summed E-state index contributed by atoms with van der Waals surface area (Å²) in [5.74, 6) is 1.50. The molecule has 1 amide bonds. The van der Waals surface area contributed by atoms with E-state index in [0.717, 1.165) is 25.3 Å². The van der Waals surface area contributed by atoms with Gasteiger partial charge in [0.2, 0.25) is 5.91 Å². The molecule has 3 aliphatic rings. The maximum Gasteiger partial charge on any atom is 0.226 e. The molecule has 3 aliphatic carbocycles. The molecule has 2 fully saturated rings. The molecule has 0 spiro atoms. The van der Waals surface area contributed by atoms with Crippen molar-refractivity contribution in [2.75, 3.05) is 6.54 Å². The number of fused-ring (bicyclic) bond motifs is 2. The van der Waals surface area contributed by atoms with E-state index in [2.05, 4.69) is 17.2 Å². The second-order valence-corrected chi connectivity index (χ2v) is 7.39. The zero-order chi connectivity index (χ0) is 12.3. The maximum absolute atomic E-state index is 12.0. The van der Waals surface area contributed by atoms with Crippen molar-refractivity contribution in [1.82, 2.24) is 10.3 Å². The van der Waals surface area contributed by atoms with Gasteiger partial charge in [0, 0.05) is 17.3 Å². The van der Waals surface area contributed by atoms with E-state index in [-0.39, 0.29) is 5.41 Å². The molecular formula is C14H18N2OS. The fourth-order valence-corrected chi connectivity index (χ4v) is 4.36. The van der Waals surface area contributed by atoms with Crippen LogP contribution in [0.4, 0.5) is 0 Å². The third-order valence-corrected chi connectivity index (χ3v) is 5.87. The summed E-state index contributed by atoms with van der Waals surface area (Å²) in [6.07, 6.45) is 5.88. The number of aryl methyl sites for hydroxylation is 2. The molecule has 0 aromatic carbocycles. The fraction of sp³-hybridized carbons (Fsp3) is 0.714. The van der Waals surface area contributed by atoms with Gasteiger partial charge in [-0.2, -0.15) is 0 Å². The summed E-state index contributed by atoms with van der Waals surface area (Å²) < 4.78 is 0. The summed E-state index contributed by atoms with van der Waals surface area (Å²) in [5.41, 5.74) is 1.37. The van der Waals surface area contributed by atoms with Crippen LogP contribution >= 0.6 is 11.3 Å². The third kappa shape index (κ3) is 1.54. The Kier molecular flexibility index (Phi) is 2.17. The van der Waals surface area contributed by atoms with Gasteiger partial charge in [-0.05, 0) is 44.9 Å². The van der Waals surface area contributed by atoms with Crippen LogP contribution in [0, 0.1) is 18.3 Å². The minimum Gasteiger partial charge on any atom is -0.355 e. The Balaban J connectivity index is 1.44. The van der Waals surface area contributed by atoms with E-state index in [0.29, 0.717) is 11.8 Å². The van der Waals surface area contributed by atoms with E-state index in [1.165, 1.54) is 34.8 Å². The Labute approximate surface area is 111 Å². The number of hydrogen-bond donors (Lipinski definition) is 1. The van der Waals surface area contributed by atoms with Crippen LogP contribution < -0.4 is 5.32 Å². The molecule has 2 saturated carbocycles. The lowest BCUT2D eigenvalue weighted by molar-refractivity contribution is -0.124. The molecule has 1 heterocycles. The summed E-state index contributed by atoms with van der Waals surface area (Å²) in [4.78, 5) is 18.1. The molecule has 1 N–H and O–H groups in total. The molecule has 0 aliphatic heterocycles. The Bertz CT molecular complexity index is 516. The second kappa shape index (κ2) is 3.56. The van der Waals surface area contributed by atoms with Crippen molar-refractivity contribution >= 4 is 17.2 Å². The van der Waals surface area contributed by atoms with E-state index >= 15 is 0 Å². The van der Waals surface area contributed by atoms with Crippen LogP contribution in [0.15, 0.2) is 0 Å². The summed E-state index contributed by atoms with van der Waals surface area (Å²) in [5, 5.41) is 4.34. The highest BCUT2D eigenvalue weighted by Crippen LogP contribution is 2.75. The minimum absolute atomic E-state index is 0.107. The number of rotatable bonds is 3. The molecule has 1 atom stereocenters. The molecule has 0 bridgehead atoms. The van der Waals surface area contributed by atoms with Gasteiger partial charge in [0.1, 0.15) is 0 Å². The van der Waals surface area contributed by atoms with E-state index in [4.69, 9.17) is 0 Å². The van der Waals surface area contributed by atoms with Crippen molar-refractivity contribution in [3.63, 3.8) is 0 Å². The van der Waals surface area contributed by atoms with Gasteiger partial charge in [0.15, 0.2) is 0 Å². The first-order valence-corrected chi connectivity index (χ1v) is 7.75. The van der Waals surface area contributed by atoms with Gasteiger partial charge in [0.25, 0.3) is 0 Å². The Morgan fingerprint density at radius 1 is 1.56 bits per heavy atom. The summed E-state index contributed by atoms with van der Waals surface area (Å²) in [7, 11) is 0. The quantitative estimate of drug-likeness (QED) is 0.909. The Morgan fingerprint density at radius 3 is 3.06 bits per heavy atom. The Hall–Kier alpha value is -0.900. The van der Waals surface area contributed by atoms with Crippen molar-refractivity contribution in [3.8, 4) is 0 Å². The van der Waals surface area contributed by atoms with Crippen LogP contribution in [-0.2, 0) is 11.2 Å². The van der Waals surface area contributed by atoms with Gasteiger partial charge >= 0.3 is 0 Å². The predicted octanol–water partition coefficient (Wildman–Crippen LogP) is 2.40. The zero-order valence-corrected chi connectivity index (χ0v) is 11.5. The van der Waals surface area contributed by atoms with Crippen LogP contribution in [0.1, 0.15) is 47.2 Å². The molecule has 1 aromatic heterocycles. The number of aromatic nitrogens is 1. The molecule has 96 valence electrons. The monoisotopic (exact) mass is 262 g/mol. The van der Waals surface area contributed by atoms with Gasteiger partial charge in [-0.15, -0.1) is 11.3 Å². The number of amides is 1. The number of nitrogens with one attached hydrogen (secondary N) is 1. The van der Waals surface area contributed by atoms with E-state index in [1.807, 2.05) is 11.3 Å². The fourth-order valence-electron chi connectivity index (χ4n) is 3.29. The smallest absolute Gasteiger partial charge is 0.226 e. The standard InChI is InChI=1S/C14H18N2OS/c1-8-16-12-9(3-2-4-11(12)18-8)7-15-13(17)14-5-10(14)6-14/h9-10H,2-7H2,1H3,(H,15,17). The highest BCUT2D eigenvalue weighted by Gasteiger charge is 2.74. The number of carbonyl (C=O) groups excluding carboxylic acids is 1. The minimum atomic E-state index is 0.107. The topological polar surface area (TPSA) is 42.0 Å². The summed E-state index contributed by atoms with van der Waals surface area (Å²) in [6, 6.07) is 0. The van der Waals surface area contributed by atoms with Crippen molar-refractivity contribution in [2.45, 2.75) is 44.9 Å². The number of hydrogen-bond acceptors (Lipinski definition) is 3. The normalized spacial score (nSPS) is 35.6. The average molecular weight is 262 g/mol. The first kappa shape index (κ1) is 11.0. The third-order valence-electron chi connectivity index (χ3n) is 4.82. The molecule has 3 nitrogen and oxygen atoms in total. The molecule has 4 rings (SSSR count). The van der Waals surface area contributed by atoms with Gasteiger partial charge < -0.3 is 5.32 Å². The molecular weight excluding hydrogens is 244 g/mol. The van der Waals surface area contributed by atoms with Crippen molar-refractivity contribution in [2.24, 2.45) is 11.3 Å². The lowest BCUT2D eigenvalue weighted by Gasteiger charge is -2.21. The first-order valence-electron chi connectivity index (χ1n) is 6.93. The van der Waals surface area contributed by atoms with E-state index in [1.54, 1.807) is 0 Å².